The first-order chi connectivity index (χ1) is 13.9. The molecule has 0 saturated carbocycles. The van der Waals surface area contributed by atoms with Crippen LogP contribution in [0.15, 0.2) is 30.3 Å². The van der Waals surface area contributed by atoms with Gasteiger partial charge in [-0.25, -0.2) is 0 Å². The first-order valence-corrected chi connectivity index (χ1v) is 12.6. The molecular formula is C27H48O. The number of benzene rings is 1. The molecule has 0 aromatic heterocycles. The van der Waals surface area contributed by atoms with Gasteiger partial charge in [0.1, 0.15) is 5.75 Å². The first-order valence-electron chi connectivity index (χ1n) is 12.6. The SMILES string of the molecule is CCCCCCCCCCCCCCCCCCC(CC)Oc1ccccc1. The minimum Gasteiger partial charge on any atom is -0.490 e. The fourth-order valence-electron chi connectivity index (χ4n) is 3.96. The van der Waals surface area contributed by atoms with Crippen molar-refractivity contribution in [2.75, 3.05) is 0 Å². The Hall–Kier alpha value is -0.980. The molecule has 1 aromatic carbocycles. The Labute approximate surface area is 176 Å². The van der Waals surface area contributed by atoms with E-state index in [0.29, 0.717) is 6.10 Å². The van der Waals surface area contributed by atoms with E-state index >= 15 is 0 Å². The van der Waals surface area contributed by atoms with Gasteiger partial charge < -0.3 is 4.74 Å². The van der Waals surface area contributed by atoms with Crippen LogP contribution in [-0.2, 0) is 0 Å². The van der Waals surface area contributed by atoms with Crippen LogP contribution in [0.1, 0.15) is 129 Å². The number of hydrogen-bond donors (Lipinski definition) is 0. The molecule has 162 valence electrons. The average molecular weight is 389 g/mol. The van der Waals surface area contributed by atoms with Crippen LogP contribution in [0, 0.1) is 0 Å². The molecule has 0 aliphatic heterocycles. The highest BCUT2D eigenvalue weighted by atomic mass is 16.5. The van der Waals surface area contributed by atoms with E-state index in [9.17, 15) is 0 Å². The molecule has 0 aliphatic carbocycles. The van der Waals surface area contributed by atoms with Gasteiger partial charge in [0.15, 0.2) is 0 Å². The zero-order chi connectivity index (χ0) is 20.1. The summed E-state index contributed by atoms with van der Waals surface area (Å²) in [4.78, 5) is 0. The van der Waals surface area contributed by atoms with Crippen LogP contribution in [0.3, 0.4) is 0 Å². The topological polar surface area (TPSA) is 9.23 Å². The maximum Gasteiger partial charge on any atom is 0.119 e. The second-order valence-corrected chi connectivity index (χ2v) is 8.55. The normalized spacial score (nSPS) is 12.2. The van der Waals surface area contributed by atoms with Crippen LogP contribution < -0.4 is 4.74 Å². The minimum atomic E-state index is 0.383. The standard InChI is InChI=1S/C27H48O/c1-3-5-6-7-8-9-10-11-12-13-14-15-16-17-18-20-23-26(4-2)28-27-24-21-19-22-25-27/h19,21-22,24-26H,3-18,20,23H2,1-2H3. The van der Waals surface area contributed by atoms with E-state index < -0.39 is 0 Å². The van der Waals surface area contributed by atoms with Gasteiger partial charge in [-0.1, -0.05) is 128 Å². The highest BCUT2D eigenvalue weighted by molar-refractivity contribution is 5.21. The predicted octanol–water partition coefficient (Wildman–Crippen LogP) is 9.50. The van der Waals surface area contributed by atoms with Crippen molar-refractivity contribution >= 4 is 0 Å². The lowest BCUT2D eigenvalue weighted by molar-refractivity contribution is 0.182. The number of hydrogen-bond acceptors (Lipinski definition) is 1. The number of ether oxygens (including phenoxy) is 1. The molecule has 0 N–H and O–H groups in total. The molecule has 1 rings (SSSR count). The number of para-hydroxylation sites is 1. The maximum absolute atomic E-state index is 6.09. The Morgan fingerprint density at radius 1 is 0.571 bits per heavy atom. The minimum absolute atomic E-state index is 0.383. The van der Waals surface area contributed by atoms with Gasteiger partial charge >= 0.3 is 0 Å². The molecular weight excluding hydrogens is 340 g/mol. The quantitative estimate of drug-likeness (QED) is 0.202. The molecule has 0 amide bonds. The van der Waals surface area contributed by atoms with Crippen molar-refractivity contribution in [3.63, 3.8) is 0 Å². The summed E-state index contributed by atoms with van der Waals surface area (Å²) in [6.07, 6.45) is 25.6. The van der Waals surface area contributed by atoms with E-state index in [2.05, 4.69) is 38.1 Å². The summed E-state index contributed by atoms with van der Waals surface area (Å²) in [5, 5.41) is 0. The summed E-state index contributed by atoms with van der Waals surface area (Å²) < 4.78 is 6.09. The van der Waals surface area contributed by atoms with E-state index in [1.165, 1.54) is 109 Å². The molecule has 1 nitrogen and oxygen atoms in total. The lowest BCUT2D eigenvalue weighted by atomic mass is 10.0. The van der Waals surface area contributed by atoms with Gasteiger partial charge in [0.2, 0.25) is 0 Å². The lowest BCUT2D eigenvalue weighted by Crippen LogP contribution is -2.15. The molecule has 0 saturated heterocycles. The third-order valence-electron chi connectivity index (χ3n) is 5.88. The summed E-state index contributed by atoms with van der Waals surface area (Å²) in [5.74, 6) is 1.02. The summed E-state index contributed by atoms with van der Waals surface area (Å²) >= 11 is 0. The van der Waals surface area contributed by atoms with Crippen LogP contribution in [0.25, 0.3) is 0 Å². The van der Waals surface area contributed by atoms with Crippen molar-refractivity contribution in [3.8, 4) is 5.75 Å². The van der Waals surface area contributed by atoms with Gasteiger partial charge in [0.25, 0.3) is 0 Å². The lowest BCUT2D eigenvalue weighted by Gasteiger charge is -2.17. The average Bonchev–Trinajstić information content (AvgIpc) is 2.73. The first kappa shape index (κ1) is 25.1. The van der Waals surface area contributed by atoms with Crippen molar-refractivity contribution in [2.24, 2.45) is 0 Å². The molecule has 1 heteroatoms. The fraction of sp³-hybridized carbons (Fsp3) is 0.778. The number of rotatable bonds is 20. The van der Waals surface area contributed by atoms with Crippen molar-refractivity contribution < 1.29 is 4.74 Å². The fourth-order valence-corrected chi connectivity index (χ4v) is 3.96. The Kier molecular flexibility index (Phi) is 17.3. The molecule has 0 radical (unpaired) electrons. The van der Waals surface area contributed by atoms with Gasteiger partial charge in [-0.05, 0) is 31.4 Å². The molecule has 28 heavy (non-hydrogen) atoms. The van der Waals surface area contributed by atoms with E-state index in [0.717, 1.165) is 12.2 Å². The molecule has 0 bridgehead atoms. The van der Waals surface area contributed by atoms with E-state index in [1.54, 1.807) is 0 Å². The molecule has 1 unspecified atom stereocenters. The predicted molar refractivity (Wildman–Crippen MR) is 125 cm³/mol. The highest BCUT2D eigenvalue weighted by Crippen LogP contribution is 2.18. The van der Waals surface area contributed by atoms with Crippen LogP contribution in [0.2, 0.25) is 0 Å². The van der Waals surface area contributed by atoms with Crippen molar-refractivity contribution in [3.05, 3.63) is 30.3 Å². The molecule has 0 spiro atoms. The van der Waals surface area contributed by atoms with Crippen LogP contribution in [0.4, 0.5) is 0 Å². The van der Waals surface area contributed by atoms with Crippen molar-refractivity contribution in [1.29, 1.82) is 0 Å². The molecule has 0 heterocycles. The van der Waals surface area contributed by atoms with Crippen LogP contribution in [0.5, 0.6) is 5.75 Å². The zero-order valence-electron chi connectivity index (χ0n) is 19.1. The van der Waals surface area contributed by atoms with Gasteiger partial charge in [-0.3, -0.25) is 0 Å². The third-order valence-corrected chi connectivity index (χ3v) is 5.88. The summed E-state index contributed by atoms with van der Waals surface area (Å²) in [7, 11) is 0. The molecule has 0 fully saturated rings. The van der Waals surface area contributed by atoms with E-state index in [1.807, 2.05) is 6.07 Å². The summed E-state index contributed by atoms with van der Waals surface area (Å²) in [5.41, 5.74) is 0. The largest absolute Gasteiger partial charge is 0.490 e. The van der Waals surface area contributed by atoms with Crippen LogP contribution in [-0.4, -0.2) is 6.10 Å². The second-order valence-electron chi connectivity index (χ2n) is 8.55. The van der Waals surface area contributed by atoms with Gasteiger partial charge in [-0.2, -0.15) is 0 Å². The number of unbranched alkanes of at least 4 members (excludes halogenated alkanes) is 15. The smallest absolute Gasteiger partial charge is 0.119 e. The van der Waals surface area contributed by atoms with Gasteiger partial charge in [0.05, 0.1) is 6.10 Å². The third kappa shape index (κ3) is 15.0. The molecule has 0 aliphatic rings. The molecule has 1 atom stereocenters. The summed E-state index contributed by atoms with van der Waals surface area (Å²) in [6.45, 7) is 4.53. The Bertz CT molecular complexity index is 414. The molecule has 1 aromatic rings. The van der Waals surface area contributed by atoms with Crippen LogP contribution >= 0.6 is 0 Å². The Balaban J connectivity index is 1.81. The van der Waals surface area contributed by atoms with Crippen molar-refractivity contribution in [1.82, 2.24) is 0 Å². The zero-order valence-corrected chi connectivity index (χ0v) is 19.1. The van der Waals surface area contributed by atoms with Gasteiger partial charge in [-0.15, -0.1) is 0 Å². The Morgan fingerprint density at radius 3 is 1.43 bits per heavy atom. The van der Waals surface area contributed by atoms with E-state index in [4.69, 9.17) is 4.74 Å². The summed E-state index contributed by atoms with van der Waals surface area (Å²) in [6, 6.07) is 10.3. The monoisotopic (exact) mass is 388 g/mol. The second kappa shape index (κ2) is 19.3. The van der Waals surface area contributed by atoms with Gasteiger partial charge in [0, 0.05) is 0 Å². The van der Waals surface area contributed by atoms with E-state index in [-0.39, 0.29) is 0 Å². The highest BCUT2D eigenvalue weighted by Gasteiger charge is 2.07. The maximum atomic E-state index is 6.09. The Morgan fingerprint density at radius 2 is 1.00 bits per heavy atom. The van der Waals surface area contributed by atoms with Crippen molar-refractivity contribution in [2.45, 2.75) is 136 Å².